The van der Waals surface area contributed by atoms with E-state index in [1.807, 2.05) is 37.3 Å². The molecule has 0 saturated carbocycles. The number of hydrogen-bond donors (Lipinski definition) is 1. The maximum absolute atomic E-state index is 12.3. The van der Waals surface area contributed by atoms with Crippen LogP contribution < -0.4 is 14.8 Å². The third kappa shape index (κ3) is 2.52. The van der Waals surface area contributed by atoms with E-state index in [1.54, 1.807) is 14.2 Å². The first kappa shape index (κ1) is 14.4. The second kappa shape index (κ2) is 5.72. The third-order valence-corrected chi connectivity index (χ3v) is 4.04. The Kier molecular flexibility index (Phi) is 3.75. The van der Waals surface area contributed by atoms with Crippen molar-refractivity contribution in [3.05, 3.63) is 53.1 Å². The Hall–Kier alpha value is -2.49. The highest BCUT2D eigenvalue weighted by Gasteiger charge is 2.30. The summed E-state index contributed by atoms with van der Waals surface area (Å²) >= 11 is 0. The second-order valence-corrected chi connectivity index (χ2v) is 5.53. The van der Waals surface area contributed by atoms with Crippen molar-refractivity contribution in [1.82, 2.24) is 0 Å². The number of carbonyl (C=O) groups is 1. The van der Waals surface area contributed by atoms with Crippen molar-refractivity contribution < 1.29 is 14.3 Å². The summed E-state index contributed by atoms with van der Waals surface area (Å²) in [4.78, 5) is 12.3. The van der Waals surface area contributed by atoms with Gasteiger partial charge in [-0.15, -0.1) is 0 Å². The molecule has 1 heterocycles. The second-order valence-electron chi connectivity index (χ2n) is 5.53. The van der Waals surface area contributed by atoms with Crippen molar-refractivity contribution in [2.24, 2.45) is 0 Å². The van der Waals surface area contributed by atoms with Crippen LogP contribution in [-0.2, 0) is 11.2 Å². The van der Waals surface area contributed by atoms with E-state index in [2.05, 4.69) is 11.4 Å². The predicted octanol–water partition coefficient (Wildman–Crippen LogP) is 3.29. The molecular weight excluding hydrogens is 278 g/mol. The highest BCUT2D eigenvalue weighted by Crippen LogP contribution is 2.36. The van der Waals surface area contributed by atoms with Gasteiger partial charge in [0.05, 0.1) is 20.1 Å². The number of aryl methyl sites for hydroxylation is 1. The average Bonchev–Trinajstić information content (AvgIpc) is 2.83. The molecule has 1 atom stereocenters. The summed E-state index contributed by atoms with van der Waals surface area (Å²) in [7, 11) is 3.23. The van der Waals surface area contributed by atoms with Crippen LogP contribution in [0.25, 0.3) is 0 Å². The highest BCUT2D eigenvalue weighted by atomic mass is 16.5. The first-order valence-electron chi connectivity index (χ1n) is 7.24. The van der Waals surface area contributed by atoms with Crippen LogP contribution in [0.1, 0.15) is 22.6 Å². The minimum atomic E-state index is -0.159. The predicted molar refractivity (Wildman–Crippen MR) is 85.8 cm³/mol. The number of ether oxygens (including phenoxy) is 2. The zero-order valence-corrected chi connectivity index (χ0v) is 13.0. The lowest BCUT2D eigenvalue weighted by Gasteiger charge is -2.12. The van der Waals surface area contributed by atoms with Crippen LogP contribution in [0.3, 0.4) is 0 Å². The molecule has 0 saturated heterocycles. The number of anilines is 1. The number of benzene rings is 2. The van der Waals surface area contributed by atoms with Gasteiger partial charge >= 0.3 is 0 Å². The summed E-state index contributed by atoms with van der Waals surface area (Å²) in [6, 6.07) is 11.8. The Labute approximate surface area is 130 Å². The lowest BCUT2D eigenvalue weighted by atomic mass is 9.92. The largest absolute Gasteiger partial charge is 0.493 e. The van der Waals surface area contributed by atoms with Gasteiger partial charge in [0.15, 0.2) is 11.5 Å². The molecule has 0 aliphatic carbocycles. The number of carbonyl (C=O) groups excluding carboxylic acids is 1. The van der Waals surface area contributed by atoms with Crippen molar-refractivity contribution in [3.63, 3.8) is 0 Å². The van der Waals surface area contributed by atoms with Crippen molar-refractivity contribution in [2.75, 3.05) is 19.5 Å². The highest BCUT2D eigenvalue weighted by molar-refractivity contribution is 6.03. The van der Waals surface area contributed by atoms with Crippen LogP contribution >= 0.6 is 0 Å². The summed E-state index contributed by atoms with van der Waals surface area (Å²) in [5, 5.41) is 2.95. The van der Waals surface area contributed by atoms with E-state index in [-0.39, 0.29) is 11.8 Å². The lowest BCUT2D eigenvalue weighted by Crippen LogP contribution is -2.14. The van der Waals surface area contributed by atoms with Crippen LogP contribution in [-0.4, -0.2) is 20.1 Å². The van der Waals surface area contributed by atoms with E-state index in [9.17, 15) is 4.79 Å². The first-order chi connectivity index (χ1) is 10.6. The number of methoxy groups -OCH3 is 2. The summed E-state index contributed by atoms with van der Waals surface area (Å²) < 4.78 is 10.6. The van der Waals surface area contributed by atoms with Crippen molar-refractivity contribution in [1.29, 1.82) is 0 Å². The smallest absolute Gasteiger partial charge is 0.232 e. The Bertz CT molecular complexity index is 724. The maximum Gasteiger partial charge on any atom is 0.232 e. The zero-order chi connectivity index (χ0) is 15.7. The van der Waals surface area contributed by atoms with E-state index in [1.165, 1.54) is 0 Å². The van der Waals surface area contributed by atoms with Crippen LogP contribution in [0.15, 0.2) is 36.4 Å². The SMILES string of the molecule is COc1ccc(C[C@@H]2C(=O)Nc3ccc(C)cc32)cc1OC. The van der Waals surface area contributed by atoms with Gasteiger partial charge in [-0.05, 0) is 42.7 Å². The fourth-order valence-corrected chi connectivity index (χ4v) is 2.89. The molecule has 1 aliphatic heterocycles. The standard InChI is InChI=1S/C18H19NO3/c1-11-4-6-15-13(8-11)14(18(20)19-15)9-12-5-7-16(21-2)17(10-12)22-3/h4-8,10,14H,9H2,1-3H3,(H,19,20)/t14-/m0/s1. The first-order valence-corrected chi connectivity index (χ1v) is 7.24. The molecule has 0 spiro atoms. The molecule has 2 aromatic carbocycles. The Morgan fingerprint density at radius 3 is 2.55 bits per heavy atom. The number of hydrogen-bond acceptors (Lipinski definition) is 3. The molecule has 0 radical (unpaired) electrons. The molecule has 114 valence electrons. The Morgan fingerprint density at radius 2 is 1.82 bits per heavy atom. The molecule has 1 amide bonds. The van der Waals surface area contributed by atoms with Gasteiger partial charge in [-0.3, -0.25) is 4.79 Å². The van der Waals surface area contributed by atoms with Crippen LogP contribution in [0.5, 0.6) is 11.5 Å². The average molecular weight is 297 g/mol. The Morgan fingerprint density at radius 1 is 1.05 bits per heavy atom. The maximum atomic E-state index is 12.3. The normalized spacial score (nSPS) is 16.1. The van der Waals surface area contributed by atoms with Crippen LogP contribution in [0, 0.1) is 6.92 Å². The molecule has 3 rings (SSSR count). The van der Waals surface area contributed by atoms with E-state index in [4.69, 9.17) is 9.47 Å². The number of amides is 1. The van der Waals surface area contributed by atoms with E-state index in [0.29, 0.717) is 17.9 Å². The van der Waals surface area contributed by atoms with Crippen LogP contribution in [0.2, 0.25) is 0 Å². The zero-order valence-electron chi connectivity index (χ0n) is 13.0. The lowest BCUT2D eigenvalue weighted by molar-refractivity contribution is -0.117. The quantitative estimate of drug-likeness (QED) is 0.942. The van der Waals surface area contributed by atoms with Gasteiger partial charge in [0.1, 0.15) is 0 Å². The molecule has 0 fully saturated rings. The van der Waals surface area contributed by atoms with Gasteiger partial charge in [-0.2, -0.15) is 0 Å². The van der Waals surface area contributed by atoms with Gasteiger partial charge in [0, 0.05) is 5.69 Å². The molecule has 22 heavy (non-hydrogen) atoms. The molecule has 1 aliphatic rings. The summed E-state index contributed by atoms with van der Waals surface area (Å²) in [6.45, 7) is 2.04. The van der Waals surface area contributed by atoms with Crippen LogP contribution in [0.4, 0.5) is 5.69 Å². The summed E-state index contributed by atoms with van der Waals surface area (Å²) in [5.41, 5.74) is 4.19. The molecular formula is C18H19NO3. The van der Waals surface area contributed by atoms with Gasteiger partial charge in [-0.1, -0.05) is 23.8 Å². The number of fused-ring (bicyclic) bond motifs is 1. The van der Waals surface area contributed by atoms with Crippen molar-refractivity contribution in [2.45, 2.75) is 19.3 Å². The topological polar surface area (TPSA) is 47.6 Å². The number of rotatable bonds is 4. The molecule has 1 N–H and O–H groups in total. The number of nitrogens with one attached hydrogen (secondary N) is 1. The molecule has 0 aromatic heterocycles. The molecule has 0 bridgehead atoms. The minimum absolute atomic E-state index is 0.0513. The van der Waals surface area contributed by atoms with Gasteiger partial charge in [0.25, 0.3) is 0 Å². The molecule has 0 unspecified atom stereocenters. The summed E-state index contributed by atoms with van der Waals surface area (Å²) in [6.07, 6.45) is 0.642. The van der Waals surface area contributed by atoms with Gasteiger partial charge in [-0.25, -0.2) is 0 Å². The summed E-state index contributed by atoms with van der Waals surface area (Å²) in [5.74, 6) is 1.27. The minimum Gasteiger partial charge on any atom is -0.493 e. The van der Waals surface area contributed by atoms with E-state index < -0.39 is 0 Å². The Balaban J connectivity index is 1.91. The monoisotopic (exact) mass is 297 g/mol. The molecule has 4 heteroatoms. The molecule has 2 aromatic rings. The fourth-order valence-electron chi connectivity index (χ4n) is 2.89. The fraction of sp³-hybridized carbons (Fsp3) is 0.278. The van der Waals surface area contributed by atoms with Crippen molar-refractivity contribution in [3.8, 4) is 11.5 Å². The van der Waals surface area contributed by atoms with Gasteiger partial charge < -0.3 is 14.8 Å². The van der Waals surface area contributed by atoms with Gasteiger partial charge in [0.2, 0.25) is 5.91 Å². The third-order valence-electron chi connectivity index (χ3n) is 4.04. The molecule has 4 nitrogen and oxygen atoms in total. The van der Waals surface area contributed by atoms with Crippen molar-refractivity contribution >= 4 is 11.6 Å². The van der Waals surface area contributed by atoms with E-state index in [0.717, 1.165) is 22.4 Å². The van der Waals surface area contributed by atoms with E-state index >= 15 is 0 Å².